The average Bonchev–Trinajstić information content (AvgIpc) is 2.68. The molecule has 2 N–H and O–H groups in total. The van der Waals surface area contributed by atoms with Gasteiger partial charge in [0.1, 0.15) is 0 Å². The molecule has 0 aromatic carbocycles. The van der Waals surface area contributed by atoms with Gasteiger partial charge in [-0.05, 0) is 37.0 Å². The maximum absolute atomic E-state index is 11.9. The lowest BCUT2D eigenvalue weighted by atomic mass is 10.0. The monoisotopic (exact) mass is 239 g/mol. The van der Waals surface area contributed by atoms with Crippen molar-refractivity contribution in [2.45, 2.75) is 39.5 Å². The van der Waals surface area contributed by atoms with Crippen molar-refractivity contribution in [3.63, 3.8) is 0 Å². The highest BCUT2D eigenvalue weighted by atomic mass is 16.4. The van der Waals surface area contributed by atoms with Crippen LogP contribution in [0.15, 0.2) is 0 Å². The molecule has 2 aliphatic carbocycles. The highest BCUT2D eigenvalue weighted by Crippen LogP contribution is 2.51. The molecule has 2 fully saturated rings. The minimum Gasteiger partial charge on any atom is -0.481 e. The molecule has 1 amide bonds. The largest absolute Gasteiger partial charge is 0.481 e. The van der Waals surface area contributed by atoms with Gasteiger partial charge >= 0.3 is 5.97 Å². The zero-order chi connectivity index (χ0) is 12.6. The summed E-state index contributed by atoms with van der Waals surface area (Å²) in [6.07, 6.45) is 3.05. The summed E-state index contributed by atoms with van der Waals surface area (Å²) in [5, 5.41) is 11.8. The van der Waals surface area contributed by atoms with Gasteiger partial charge in [0.15, 0.2) is 0 Å². The van der Waals surface area contributed by atoms with Crippen molar-refractivity contribution in [2.24, 2.45) is 23.2 Å². The van der Waals surface area contributed by atoms with Gasteiger partial charge in [-0.3, -0.25) is 9.59 Å². The predicted molar refractivity (Wildman–Crippen MR) is 63.4 cm³/mol. The number of carboxylic acid groups (broad SMARTS) is 1. The zero-order valence-corrected chi connectivity index (χ0v) is 10.5. The second kappa shape index (κ2) is 4.31. The van der Waals surface area contributed by atoms with E-state index in [2.05, 4.69) is 19.2 Å². The van der Waals surface area contributed by atoms with E-state index in [1.165, 1.54) is 6.42 Å². The van der Waals surface area contributed by atoms with Crippen LogP contribution in [-0.4, -0.2) is 23.5 Å². The molecule has 0 spiro atoms. The molecule has 1 unspecified atom stereocenters. The van der Waals surface area contributed by atoms with Crippen LogP contribution in [0.4, 0.5) is 0 Å². The molecule has 0 aromatic rings. The summed E-state index contributed by atoms with van der Waals surface area (Å²) in [5.41, 5.74) is 0.382. The first-order valence-electron chi connectivity index (χ1n) is 6.40. The molecule has 2 rings (SSSR count). The Balaban J connectivity index is 1.72. The van der Waals surface area contributed by atoms with Gasteiger partial charge < -0.3 is 10.4 Å². The van der Waals surface area contributed by atoms with Gasteiger partial charge in [-0.15, -0.1) is 0 Å². The van der Waals surface area contributed by atoms with Gasteiger partial charge in [-0.2, -0.15) is 0 Å². The summed E-state index contributed by atoms with van der Waals surface area (Å²) in [6.45, 7) is 5.17. The maximum Gasteiger partial charge on any atom is 0.306 e. The van der Waals surface area contributed by atoms with Crippen molar-refractivity contribution < 1.29 is 14.7 Å². The Bertz CT molecular complexity index is 338. The number of hydrogen-bond acceptors (Lipinski definition) is 2. The summed E-state index contributed by atoms with van der Waals surface area (Å²) < 4.78 is 0. The molecule has 2 saturated carbocycles. The molecule has 17 heavy (non-hydrogen) atoms. The van der Waals surface area contributed by atoms with Crippen LogP contribution in [0, 0.1) is 23.2 Å². The number of rotatable bonds is 4. The Hall–Kier alpha value is -1.06. The number of carbonyl (C=O) groups excluding carboxylic acids is 1. The fourth-order valence-corrected chi connectivity index (χ4v) is 2.74. The van der Waals surface area contributed by atoms with Crippen molar-refractivity contribution in [3.8, 4) is 0 Å². The first kappa shape index (κ1) is 12.4. The number of carbonyl (C=O) groups is 2. The molecule has 0 aromatic heterocycles. The molecule has 4 nitrogen and oxygen atoms in total. The van der Waals surface area contributed by atoms with Crippen molar-refractivity contribution >= 4 is 11.9 Å². The molecule has 96 valence electrons. The van der Waals surface area contributed by atoms with Crippen LogP contribution in [0.25, 0.3) is 0 Å². The number of carboxylic acids is 1. The number of hydrogen-bond donors (Lipinski definition) is 2. The Morgan fingerprint density at radius 3 is 2.35 bits per heavy atom. The number of nitrogens with one attached hydrogen (secondary N) is 1. The van der Waals surface area contributed by atoms with Crippen LogP contribution in [0.1, 0.15) is 39.5 Å². The van der Waals surface area contributed by atoms with Gasteiger partial charge in [0.25, 0.3) is 0 Å². The van der Waals surface area contributed by atoms with Gasteiger partial charge in [-0.1, -0.05) is 13.8 Å². The van der Waals surface area contributed by atoms with E-state index in [1.807, 2.05) is 0 Å². The molecule has 4 heteroatoms. The quantitative estimate of drug-likeness (QED) is 0.784. The van der Waals surface area contributed by atoms with E-state index >= 15 is 0 Å². The Morgan fingerprint density at radius 2 is 1.88 bits per heavy atom. The fraction of sp³-hybridized carbons (Fsp3) is 0.846. The average molecular weight is 239 g/mol. The second-order valence-corrected chi connectivity index (χ2v) is 6.18. The van der Waals surface area contributed by atoms with E-state index < -0.39 is 5.97 Å². The lowest BCUT2D eigenvalue weighted by Gasteiger charge is -2.11. The second-order valence-electron chi connectivity index (χ2n) is 6.18. The molecule has 0 bridgehead atoms. The lowest BCUT2D eigenvalue weighted by molar-refractivity contribution is -0.141. The van der Waals surface area contributed by atoms with Crippen molar-refractivity contribution in [2.75, 3.05) is 6.54 Å². The highest BCUT2D eigenvalue weighted by Gasteiger charge is 2.45. The molecule has 3 atom stereocenters. The minimum atomic E-state index is -0.761. The minimum absolute atomic E-state index is 0.0523. The topological polar surface area (TPSA) is 66.4 Å². The number of aliphatic carboxylic acids is 1. The summed E-state index contributed by atoms with van der Waals surface area (Å²) in [6, 6.07) is 0. The summed E-state index contributed by atoms with van der Waals surface area (Å²) in [4.78, 5) is 22.7. The fourth-order valence-electron chi connectivity index (χ4n) is 2.74. The van der Waals surface area contributed by atoms with E-state index in [4.69, 9.17) is 5.11 Å². The van der Waals surface area contributed by atoms with Gasteiger partial charge in [0.05, 0.1) is 5.92 Å². The molecule has 0 saturated heterocycles. The third-order valence-electron chi connectivity index (χ3n) is 4.39. The smallest absolute Gasteiger partial charge is 0.306 e. The van der Waals surface area contributed by atoms with E-state index in [9.17, 15) is 9.59 Å². The molecule has 2 aliphatic rings. The van der Waals surface area contributed by atoms with Crippen LogP contribution in [0.2, 0.25) is 0 Å². The summed E-state index contributed by atoms with van der Waals surface area (Å²) in [5.74, 6) is -0.510. The Morgan fingerprint density at radius 1 is 1.29 bits per heavy atom. The molecule has 0 aliphatic heterocycles. The maximum atomic E-state index is 11.9. The van der Waals surface area contributed by atoms with Crippen LogP contribution < -0.4 is 5.32 Å². The van der Waals surface area contributed by atoms with Gasteiger partial charge in [0, 0.05) is 12.5 Å². The highest BCUT2D eigenvalue weighted by molar-refractivity contribution is 5.80. The van der Waals surface area contributed by atoms with Crippen molar-refractivity contribution in [1.82, 2.24) is 5.32 Å². The summed E-state index contributed by atoms with van der Waals surface area (Å²) in [7, 11) is 0. The van der Waals surface area contributed by atoms with Crippen molar-refractivity contribution in [3.05, 3.63) is 0 Å². The Kier molecular flexibility index (Phi) is 3.15. The molecule has 0 heterocycles. The standard InChI is InChI=1S/C13H21NO3/c1-13(2)6-10(13)7-14-11(15)8-3-4-9(5-8)12(16)17/h8-10H,3-7H2,1-2H3,(H,14,15)(H,16,17)/t8-,9+,10?/m1/s1. The van der Waals surface area contributed by atoms with E-state index in [0.717, 1.165) is 13.0 Å². The van der Waals surface area contributed by atoms with Gasteiger partial charge in [-0.25, -0.2) is 0 Å². The summed E-state index contributed by atoms with van der Waals surface area (Å²) >= 11 is 0. The van der Waals surface area contributed by atoms with E-state index in [-0.39, 0.29) is 17.7 Å². The van der Waals surface area contributed by atoms with Crippen LogP contribution in [-0.2, 0) is 9.59 Å². The van der Waals surface area contributed by atoms with E-state index in [1.54, 1.807) is 0 Å². The van der Waals surface area contributed by atoms with Crippen molar-refractivity contribution in [1.29, 1.82) is 0 Å². The normalized spacial score (nSPS) is 34.4. The lowest BCUT2D eigenvalue weighted by Crippen LogP contribution is -2.32. The Labute approximate surface area is 102 Å². The van der Waals surface area contributed by atoms with Crippen LogP contribution in [0.5, 0.6) is 0 Å². The van der Waals surface area contributed by atoms with E-state index in [0.29, 0.717) is 24.2 Å². The molecular weight excluding hydrogens is 218 g/mol. The van der Waals surface area contributed by atoms with Gasteiger partial charge in [0.2, 0.25) is 5.91 Å². The third kappa shape index (κ3) is 2.79. The predicted octanol–water partition coefficient (Wildman–Crippen LogP) is 1.65. The number of amides is 1. The first-order chi connectivity index (χ1) is 7.90. The van der Waals surface area contributed by atoms with Crippen LogP contribution in [0.3, 0.4) is 0 Å². The molecule has 0 radical (unpaired) electrons. The molecular formula is C13H21NO3. The zero-order valence-electron chi connectivity index (χ0n) is 10.5. The SMILES string of the molecule is CC1(C)CC1CNC(=O)[C@@H]1CC[C@H](C(=O)O)C1. The first-order valence-corrected chi connectivity index (χ1v) is 6.40. The third-order valence-corrected chi connectivity index (χ3v) is 4.39. The van der Waals surface area contributed by atoms with Crippen LogP contribution >= 0.6 is 0 Å².